The van der Waals surface area contributed by atoms with Gasteiger partial charge in [0, 0.05) is 18.4 Å². The second kappa shape index (κ2) is 8.00. The summed E-state index contributed by atoms with van der Waals surface area (Å²) in [5, 5.41) is 3.06. The summed E-state index contributed by atoms with van der Waals surface area (Å²) in [7, 11) is 0. The molecule has 1 N–H and O–H groups in total. The van der Waals surface area contributed by atoms with Crippen LogP contribution in [-0.4, -0.2) is 10.9 Å². The predicted molar refractivity (Wildman–Crippen MR) is 103 cm³/mol. The SMILES string of the molecule is Cc1ccc(C)c(C(C)NC(=O)CCc2ncc(-c3ccccc3)o2)c1. The molecule has 0 radical (unpaired) electrons. The van der Waals surface area contributed by atoms with Gasteiger partial charge in [-0.25, -0.2) is 4.98 Å². The minimum Gasteiger partial charge on any atom is -0.441 e. The fourth-order valence-electron chi connectivity index (χ4n) is 3.00. The van der Waals surface area contributed by atoms with Crippen LogP contribution in [0.4, 0.5) is 0 Å². The van der Waals surface area contributed by atoms with E-state index < -0.39 is 0 Å². The second-order valence-corrected chi connectivity index (χ2v) is 6.63. The number of carbonyl (C=O) groups excluding carboxylic acids is 1. The standard InChI is InChI=1S/C22H24N2O2/c1-15-9-10-16(2)19(13-15)17(3)24-21(25)11-12-22-23-14-20(26-22)18-7-5-4-6-8-18/h4-10,13-14,17H,11-12H2,1-3H3,(H,24,25). The van der Waals surface area contributed by atoms with Gasteiger partial charge in [0.1, 0.15) is 0 Å². The van der Waals surface area contributed by atoms with Crippen molar-refractivity contribution >= 4 is 5.91 Å². The molecule has 0 aliphatic heterocycles. The molecule has 4 heteroatoms. The molecule has 134 valence electrons. The molecule has 3 aromatic rings. The van der Waals surface area contributed by atoms with Crippen LogP contribution in [0.5, 0.6) is 0 Å². The molecule has 1 atom stereocenters. The lowest BCUT2D eigenvalue weighted by Crippen LogP contribution is -2.27. The molecule has 26 heavy (non-hydrogen) atoms. The molecule has 2 aromatic carbocycles. The molecule has 0 aliphatic carbocycles. The van der Waals surface area contributed by atoms with Crippen molar-refractivity contribution in [3.63, 3.8) is 0 Å². The Morgan fingerprint density at radius 2 is 1.92 bits per heavy atom. The van der Waals surface area contributed by atoms with E-state index in [0.717, 1.165) is 16.9 Å². The summed E-state index contributed by atoms with van der Waals surface area (Å²) in [6.45, 7) is 6.14. The van der Waals surface area contributed by atoms with E-state index in [0.29, 0.717) is 18.7 Å². The fraction of sp³-hybridized carbons (Fsp3) is 0.273. The molecule has 1 aromatic heterocycles. The van der Waals surface area contributed by atoms with Crippen LogP contribution in [0.3, 0.4) is 0 Å². The Morgan fingerprint density at radius 3 is 2.69 bits per heavy atom. The van der Waals surface area contributed by atoms with Crippen molar-refractivity contribution in [1.29, 1.82) is 0 Å². The van der Waals surface area contributed by atoms with E-state index in [9.17, 15) is 4.79 Å². The van der Waals surface area contributed by atoms with Gasteiger partial charge in [0.2, 0.25) is 5.91 Å². The number of nitrogens with zero attached hydrogens (tertiary/aromatic N) is 1. The van der Waals surface area contributed by atoms with Gasteiger partial charge >= 0.3 is 0 Å². The van der Waals surface area contributed by atoms with Gasteiger partial charge in [-0.1, -0.05) is 54.1 Å². The number of oxazole rings is 1. The highest BCUT2D eigenvalue weighted by Gasteiger charge is 2.13. The quantitative estimate of drug-likeness (QED) is 0.698. The molecule has 1 unspecified atom stereocenters. The average molecular weight is 348 g/mol. The lowest BCUT2D eigenvalue weighted by Gasteiger charge is -2.17. The van der Waals surface area contributed by atoms with Gasteiger partial charge in [0.05, 0.1) is 12.2 Å². The largest absolute Gasteiger partial charge is 0.441 e. The van der Waals surface area contributed by atoms with Crippen LogP contribution in [0.25, 0.3) is 11.3 Å². The first-order valence-corrected chi connectivity index (χ1v) is 8.89. The highest BCUT2D eigenvalue weighted by atomic mass is 16.4. The maximum absolute atomic E-state index is 12.3. The van der Waals surface area contributed by atoms with Crippen molar-refractivity contribution in [2.75, 3.05) is 0 Å². The van der Waals surface area contributed by atoms with Crippen molar-refractivity contribution in [2.24, 2.45) is 0 Å². The molecule has 0 bridgehead atoms. The van der Waals surface area contributed by atoms with Crippen LogP contribution >= 0.6 is 0 Å². The van der Waals surface area contributed by atoms with Gasteiger partial charge in [0.15, 0.2) is 11.7 Å². The molecule has 0 spiro atoms. The van der Waals surface area contributed by atoms with Crippen LogP contribution in [0.15, 0.2) is 59.1 Å². The van der Waals surface area contributed by atoms with Crippen molar-refractivity contribution < 1.29 is 9.21 Å². The number of nitrogens with one attached hydrogen (secondary N) is 1. The number of hydrogen-bond acceptors (Lipinski definition) is 3. The second-order valence-electron chi connectivity index (χ2n) is 6.63. The molecule has 4 nitrogen and oxygen atoms in total. The van der Waals surface area contributed by atoms with Crippen molar-refractivity contribution in [3.05, 3.63) is 77.3 Å². The Balaban J connectivity index is 1.56. The van der Waals surface area contributed by atoms with E-state index >= 15 is 0 Å². The lowest BCUT2D eigenvalue weighted by atomic mass is 10.00. The summed E-state index contributed by atoms with van der Waals surface area (Å²) in [6.07, 6.45) is 2.55. The first-order chi connectivity index (χ1) is 12.5. The number of aromatic nitrogens is 1. The number of carbonyl (C=O) groups is 1. The highest BCUT2D eigenvalue weighted by molar-refractivity contribution is 5.76. The van der Waals surface area contributed by atoms with Crippen LogP contribution in [0.1, 0.15) is 42.0 Å². The van der Waals surface area contributed by atoms with E-state index in [1.807, 2.05) is 37.3 Å². The van der Waals surface area contributed by atoms with Gasteiger partial charge in [-0.15, -0.1) is 0 Å². The number of benzene rings is 2. The third-order valence-corrected chi connectivity index (χ3v) is 4.46. The predicted octanol–water partition coefficient (Wildman–Crippen LogP) is 4.77. The monoisotopic (exact) mass is 348 g/mol. The smallest absolute Gasteiger partial charge is 0.220 e. The summed E-state index contributed by atoms with van der Waals surface area (Å²) < 4.78 is 5.75. The van der Waals surface area contributed by atoms with E-state index in [-0.39, 0.29) is 11.9 Å². The molecule has 0 aliphatic rings. The maximum atomic E-state index is 12.3. The van der Waals surface area contributed by atoms with Gasteiger partial charge in [0.25, 0.3) is 0 Å². The van der Waals surface area contributed by atoms with E-state index in [1.54, 1.807) is 6.20 Å². The van der Waals surface area contributed by atoms with E-state index in [1.165, 1.54) is 11.1 Å². The Bertz CT molecular complexity index is 884. The van der Waals surface area contributed by atoms with Crippen LogP contribution in [0.2, 0.25) is 0 Å². The summed E-state index contributed by atoms with van der Waals surface area (Å²) in [5.74, 6) is 1.31. The molecular weight excluding hydrogens is 324 g/mol. The van der Waals surface area contributed by atoms with Gasteiger partial charge in [-0.2, -0.15) is 0 Å². The van der Waals surface area contributed by atoms with Crippen molar-refractivity contribution in [1.82, 2.24) is 10.3 Å². The summed E-state index contributed by atoms with van der Waals surface area (Å²) in [6, 6.07) is 16.1. The molecule has 0 fully saturated rings. The molecule has 0 saturated heterocycles. The lowest BCUT2D eigenvalue weighted by molar-refractivity contribution is -0.121. The minimum absolute atomic E-state index is 0.00197. The zero-order chi connectivity index (χ0) is 18.5. The number of hydrogen-bond donors (Lipinski definition) is 1. The van der Waals surface area contributed by atoms with Gasteiger partial charge in [-0.3, -0.25) is 4.79 Å². The first kappa shape index (κ1) is 17.9. The fourth-order valence-corrected chi connectivity index (χ4v) is 3.00. The van der Waals surface area contributed by atoms with Crippen molar-refractivity contribution in [2.45, 2.75) is 39.7 Å². The van der Waals surface area contributed by atoms with Gasteiger partial charge < -0.3 is 9.73 Å². The zero-order valence-corrected chi connectivity index (χ0v) is 15.5. The topological polar surface area (TPSA) is 55.1 Å². The number of amides is 1. The molecule has 1 amide bonds. The van der Waals surface area contributed by atoms with Crippen LogP contribution in [0, 0.1) is 13.8 Å². The van der Waals surface area contributed by atoms with Crippen LogP contribution < -0.4 is 5.32 Å². The normalized spacial score (nSPS) is 12.0. The third-order valence-electron chi connectivity index (χ3n) is 4.46. The maximum Gasteiger partial charge on any atom is 0.220 e. The van der Waals surface area contributed by atoms with Crippen molar-refractivity contribution in [3.8, 4) is 11.3 Å². The summed E-state index contributed by atoms with van der Waals surface area (Å²) in [4.78, 5) is 16.6. The number of aryl methyl sites for hydroxylation is 3. The highest BCUT2D eigenvalue weighted by Crippen LogP contribution is 2.21. The minimum atomic E-state index is -0.0214. The Hall–Kier alpha value is -2.88. The van der Waals surface area contributed by atoms with E-state index in [4.69, 9.17) is 4.42 Å². The third kappa shape index (κ3) is 4.39. The Labute approximate surface area is 154 Å². The Morgan fingerprint density at radius 1 is 1.15 bits per heavy atom. The summed E-state index contributed by atoms with van der Waals surface area (Å²) in [5.41, 5.74) is 4.52. The first-order valence-electron chi connectivity index (χ1n) is 8.89. The molecule has 3 rings (SSSR count). The molecule has 1 heterocycles. The summed E-state index contributed by atoms with van der Waals surface area (Å²) >= 11 is 0. The van der Waals surface area contributed by atoms with Gasteiger partial charge in [-0.05, 0) is 31.9 Å². The number of rotatable bonds is 6. The zero-order valence-electron chi connectivity index (χ0n) is 15.5. The van der Waals surface area contributed by atoms with E-state index in [2.05, 4.69) is 42.3 Å². The molecule has 0 saturated carbocycles. The van der Waals surface area contributed by atoms with Crippen LogP contribution in [-0.2, 0) is 11.2 Å². The Kier molecular flexibility index (Phi) is 5.52. The molecular formula is C22H24N2O2. The average Bonchev–Trinajstić information content (AvgIpc) is 3.12.